The molecule has 0 saturated heterocycles. The van der Waals surface area contributed by atoms with Crippen LogP contribution in [0.15, 0.2) is 71.5 Å². The van der Waals surface area contributed by atoms with Crippen molar-refractivity contribution in [2.45, 2.75) is 39.5 Å². The van der Waals surface area contributed by atoms with Gasteiger partial charge in [-0.25, -0.2) is 4.98 Å². The molecule has 0 amide bonds. The molecule has 0 radical (unpaired) electrons. The summed E-state index contributed by atoms with van der Waals surface area (Å²) in [6, 6.07) is 10.2. The van der Waals surface area contributed by atoms with E-state index in [1.165, 1.54) is 18.4 Å². The number of unbranched alkanes of at least 4 members (excludes halogenated alkanes) is 2. The van der Waals surface area contributed by atoms with Gasteiger partial charge in [-0.05, 0) is 38.0 Å². The molecule has 1 aromatic heterocycles. The lowest BCUT2D eigenvalue weighted by molar-refractivity contribution is 0.700. The molecule has 2 aromatic rings. The van der Waals surface area contributed by atoms with E-state index in [4.69, 9.17) is 9.98 Å². The van der Waals surface area contributed by atoms with Gasteiger partial charge in [0, 0.05) is 19.3 Å². The van der Waals surface area contributed by atoms with Crippen LogP contribution in [0.3, 0.4) is 0 Å². The SMILES string of the molecule is CCCCCN(C)c1cncc(N(C2=NC/C=C(/C)CC=C2)c2ccccc2)n1. The molecule has 0 fully saturated rings. The van der Waals surface area contributed by atoms with Gasteiger partial charge in [-0.3, -0.25) is 14.9 Å². The van der Waals surface area contributed by atoms with Crippen LogP contribution in [0.5, 0.6) is 0 Å². The van der Waals surface area contributed by atoms with Crippen molar-refractivity contribution in [2.24, 2.45) is 4.99 Å². The summed E-state index contributed by atoms with van der Waals surface area (Å²) in [5.41, 5.74) is 2.36. The van der Waals surface area contributed by atoms with E-state index in [9.17, 15) is 0 Å². The van der Waals surface area contributed by atoms with Crippen molar-refractivity contribution >= 4 is 23.2 Å². The highest BCUT2D eigenvalue weighted by atomic mass is 15.3. The fourth-order valence-corrected chi connectivity index (χ4v) is 3.24. The molecule has 2 heterocycles. The van der Waals surface area contributed by atoms with Gasteiger partial charge in [0.15, 0.2) is 5.82 Å². The maximum Gasteiger partial charge on any atom is 0.159 e. The number of allylic oxidation sites excluding steroid dienone is 2. The average Bonchev–Trinajstić information content (AvgIpc) is 2.73. The summed E-state index contributed by atoms with van der Waals surface area (Å²) < 4.78 is 0. The number of aromatic nitrogens is 2. The normalized spacial score (nSPS) is 15.7. The molecule has 0 spiro atoms. The number of nitrogens with zero attached hydrogens (tertiary/aromatic N) is 5. The molecule has 1 aromatic carbocycles. The first kappa shape index (κ1) is 20.8. The van der Waals surface area contributed by atoms with Crippen LogP contribution in [0.2, 0.25) is 0 Å². The lowest BCUT2D eigenvalue weighted by Crippen LogP contribution is -2.27. The van der Waals surface area contributed by atoms with Gasteiger partial charge < -0.3 is 4.90 Å². The van der Waals surface area contributed by atoms with E-state index in [2.05, 4.69) is 66.0 Å². The summed E-state index contributed by atoms with van der Waals surface area (Å²) in [6.07, 6.45) is 14.6. The minimum absolute atomic E-state index is 0.666. The highest BCUT2D eigenvalue weighted by molar-refractivity contribution is 6.10. The Hall–Kier alpha value is -2.95. The van der Waals surface area contributed by atoms with Gasteiger partial charge in [0.1, 0.15) is 11.7 Å². The summed E-state index contributed by atoms with van der Waals surface area (Å²) in [7, 11) is 2.08. The Morgan fingerprint density at radius 1 is 1.03 bits per heavy atom. The Morgan fingerprint density at radius 3 is 2.62 bits per heavy atom. The van der Waals surface area contributed by atoms with Gasteiger partial charge in [-0.1, -0.05) is 55.7 Å². The quantitative estimate of drug-likeness (QED) is 0.460. The lowest BCUT2D eigenvalue weighted by Gasteiger charge is -2.26. The third-order valence-corrected chi connectivity index (χ3v) is 4.97. The van der Waals surface area contributed by atoms with Crippen LogP contribution in [0, 0.1) is 0 Å². The number of para-hydroxylation sites is 1. The molecular formula is C24H31N5. The van der Waals surface area contributed by atoms with Crippen molar-refractivity contribution in [3.05, 3.63) is 66.5 Å². The van der Waals surface area contributed by atoms with Crippen LogP contribution in [-0.4, -0.2) is 35.9 Å². The third-order valence-electron chi connectivity index (χ3n) is 4.97. The topological polar surface area (TPSA) is 44.6 Å². The van der Waals surface area contributed by atoms with Crippen molar-refractivity contribution in [2.75, 3.05) is 29.9 Å². The first-order valence-corrected chi connectivity index (χ1v) is 10.4. The molecule has 1 aliphatic rings. The zero-order chi connectivity index (χ0) is 20.5. The number of aliphatic imine (C=N–C) groups is 1. The van der Waals surface area contributed by atoms with Gasteiger partial charge in [0.25, 0.3) is 0 Å². The second-order valence-corrected chi connectivity index (χ2v) is 7.39. The van der Waals surface area contributed by atoms with E-state index in [1.54, 1.807) is 0 Å². The van der Waals surface area contributed by atoms with Gasteiger partial charge in [0.2, 0.25) is 0 Å². The van der Waals surface area contributed by atoms with E-state index in [0.29, 0.717) is 6.54 Å². The molecule has 152 valence electrons. The van der Waals surface area contributed by atoms with Crippen molar-refractivity contribution in [3.8, 4) is 0 Å². The maximum atomic E-state index is 4.93. The second kappa shape index (κ2) is 10.6. The number of anilines is 3. The van der Waals surface area contributed by atoms with Crippen molar-refractivity contribution in [1.29, 1.82) is 0 Å². The highest BCUT2D eigenvalue weighted by Gasteiger charge is 2.17. The van der Waals surface area contributed by atoms with Crippen LogP contribution in [0.4, 0.5) is 17.3 Å². The molecule has 0 saturated carbocycles. The monoisotopic (exact) mass is 389 g/mol. The van der Waals surface area contributed by atoms with Crippen LogP contribution in [0.25, 0.3) is 0 Å². The fraction of sp³-hybridized carbons (Fsp3) is 0.375. The molecule has 0 atom stereocenters. The Labute approximate surface area is 174 Å². The number of rotatable bonds is 7. The summed E-state index contributed by atoms with van der Waals surface area (Å²) in [5.74, 6) is 2.53. The summed E-state index contributed by atoms with van der Waals surface area (Å²) in [5, 5.41) is 0. The molecule has 0 N–H and O–H groups in total. The largest absolute Gasteiger partial charge is 0.358 e. The molecule has 5 heteroatoms. The van der Waals surface area contributed by atoms with Gasteiger partial charge in [-0.2, -0.15) is 0 Å². The fourth-order valence-electron chi connectivity index (χ4n) is 3.24. The minimum atomic E-state index is 0.666. The third kappa shape index (κ3) is 5.76. The predicted molar refractivity (Wildman–Crippen MR) is 123 cm³/mol. The summed E-state index contributed by atoms with van der Waals surface area (Å²) in [6.45, 7) is 6.00. The first-order valence-electron chi connectivity index (χ1n) is 10.4. The number of hydrogen-bond acceptors (Lipinski definition) is 5. The number of hydrogen-bond donors (Lipinski definition) is 0. The molecular weight excluding hydrogens is 358 g/mol. The Bertz CT molecular complexity index is 870. The van der Waals surface area contributed by atoms with Crippen molar-refractivity contribution in [1.82, 2.24) is 9.97 Å². The van der Waals surface area contributed by atoms with Gasteiger partial charge in [0.05, 0.1) is 18.9 Å². The maximum absolute atomic E-state index is 4.93. The standard InChI is InChI=1S/C24H31N5/c1-4-5-9-17-28(3)23-18-25-19-24(27-23)29(21-12-7-6-8-13-21)22-14-10-11-20(2)15-16-26-22/h6-8,10,12-15,18-19H,4-5,9,11,16-17H2,1-3H3/b14-10?,20-15-,26-22?. The van der Waals surface area contributed by atoms with Crippen LogP contribution >= 0.6 is 0 Å². The van der Waals surface area contributed by atoms with E-state index >= 15 is 0 Å². The van der Waals surface area contributed by atoms with E-state index in [0.717, 1.165) is 42.5 Å². The molecule has 0 aliphatic carbocycles. The zero-order valence-corrected chi connectivity index (χ0v) is 17.8. The van der Waals surface area contributed by atoms with Crippen molar-refractivity contribution < 1.29 is 0 Å². The van der Waals surface area contributed by atoms with Crippen LogP contribution in [-0.2, 0) is 0 Å². The number of benzene rings is 1. The Morgan fingerprint density at radius 2 is 1.83 bits per heavy atom. The summed E-state index contributed by atoms with van der Waals surface area (Å²) in [4.78, 5) is 18.5. The molecule has 3 rings (SSSR count). The molecule has 1 aliphatic heterocycles. The zero-order valence-electron chi connectivity index (χ0n) is 17.8. The number of amidine groups is 1. The smallest absolute Gasteiger partial charge is 0.159 e. The Balaban J connectivity index is 1.95. The lowest BCUT2D eigenvalue weighted by atomic mass is 10.1. The average molecular weight is 390 g/mol. The molecule has 29 heavy (non-hydrogen) atoms. The highest BCUT2D eigenvalue weighted by Crippen LogP contribution is 2.26. The minimum Gasteiger partial charge on any atom is -0.358 e. The summed E-state index contributed by atoms with van der Waals surface area (Å²) >= 11 is 0. The predicted octanol–water partition coefficient (Wildman–Crippen LogP) is 5.55. The first-order chi connectivity index (χ1) is 14.2. The van der Waals surface area contributed by atoms with Gasteiger partial charge >= 0.3 is 0 Å². The van der Waals surface area contributed by atoms with E-state index in [1.807, 2.05) is 30.6 Å². The Kier molecular flexibility index (Phi) is 7.56. The van der Waals surface area contributed by atoms with Crippen LogP contribution in [0.1, 0.15) is 39.5 Å². The molecule has 0 bridgehead atoms. The van der Waals surface area contributed by atoms with Crippen molar-refractivity contribution in [3.63, 3.8) is 0 Å². The van der Waals surface area contributed by atoms with Crippen LogP contribution < -0.4 is 9.80 Å². The van der Waals surface area contributed by atoms with E-state index < -0.39 is 0 Å². The van der Waals surface area contributed by atoms with E-state index in [-0.39, 0.29) is 0 Å². The molecule has 5 nitrogen and oxygen atoms in total. The molecule has 0 unspecified atom stereocenters. The second-order valence-electron chi connectivity index (χ2n) is 7.39. The van der Waals surface area contributed by atoms with Gasteiger partial charge in [-0.15, -0.1) is 0 Å².